The summed E-state index contributed by atoms with van der Waals surface area (Å²) in [7, 11) is -1.01. The van der Waals surface area contributed by atoms with Gasteiger partial charge in [0.15, 0.2) is 0 Å². The Balaban J connectivity index is 2.21. The summed E-state index contributed by atoms with van der Waals surface area (Å²) in [4.78, 5) is 11.6. The van der Waals surface area contributed by atoms with E-state index in [4.69, 9.17) is 0 Å². The van der Waals surface area contributed by atoms with Crippen molar-refractivity contribution in [2.45, 2.75) is 32.1 Å². The molecule has 0 aliphatic heterocycles. The lowest BCUT2D eigenvalue weighted by Gasteiger charge is -2.27. The lowest BCUT2D eigenvalue weighted by Crippen LogP contribution is -2.47. The summed E-state index contributed by atoms with van der Waals surface area (Å²) < 4.78 is 11.9. The summed E-state index contributed by atoms with van der Waals surface area (Å²) in [5.74, 6) is 0.945. The molecule has 1 aromatic rings. The highest BCUT2D eigenvalue weighted by molar-refractivity contribution is 7.84. The standard InChI is InChI=1S/C16H26N2O3S/c1-13(2)16(3,20)12-18-15(19)17-9-10-22(21)11-14-7-5-4-6-8-14/h4-8,13,20H,9-12H2,1-3H3,(H2,17,18,19). The molecular formula is C16H26N2O3S. The molecule has 124 valence electrons. The van der Waals surface area contributed by atoms with Crippen molar-refractivity contribution < 1.29 is 14.1 Å². The first-order valence-corrected chi connectivity index (χ1v) is 8.93. The maximum Gasteiger partial charge on any atom is 0.314 e. The van der Waals surface area contributed by atoms with Crippen LogP contribution >= 0.6 is 0 Å². The van der Waals surface area contributed by atoms with Crippen molar-refractivity contribution in [3.63, 3.8) is 0 Å². The Morgan fingerprint density at radius 1 is 1.27 bits per heavy atom. The third kappa shape index (κ3) is 7.04. The highest BCUT2D eigenvalue weighted by Crippen LogP contribution is 2.14. The number of hydrogen-bond acceptors (Lipinski definition) is 3. The molecule has 0 fully saturated rings. The number of hydrogen-bond donors (Lipinski definition) is 3. The van der Waals surface area contributed by atoms with Gasteiger partial charge in [0.1, 0.15) is 0 Å². The smallest absolute Gasteiger partial charge is 0.314 e. The van der Waals surface area contributed by atoms with Crippen LogP contribution in [0.5, 0.6) is 0 Å². The molecule has 6 heteroatoms. The summed E-state index contributed by atoms with van der Waals surface area (Å²) in [6.07, 6.45) is 0. The number of carbonyl (C=O) groups is 1. The molecule has 0 bridgehead atoms. The topological polar surface area (TPSA) is 78.4 Å². The van der Waals surface area contributed by atoms with Gasteiger partial charge in [0.25, 0.3) is 0 Å². The largest absolute Gasteiger partial charge is 0.388 e. The first-order valence-electron chi connectivity index (χ1n) is 7.44. The highest BCUT2D eigenvalue weighted by atomic mass is 32.2. The van der Waals surface area contributed by atoms with E-state index in [0.29, 0.717) is 18.1 Å². The Morgan fingerprint density at radius 3 is 2.50 bits per heavy atom. The van der Waals surface area contributed by atoms with E-state index in [2.05, 4.69) is 10.6 Å². The van der Waals surface area contributed by atoms with Crippen LogP contribution in [0.4, 0.5) is 4.79 Å². The minimum Gasteiger partial charge on any atom is -0.388 e. The molecule has 5 nitrogen and oxygen atoms in total. The Morgan fingerprint density at radius 2 is 1.91 bits per heavy atom. The second-order valence-electron chi connectivity index (χ2n) is 5.90. The highest BCUT2D eigenvalue weighted by Gasteiger charge is 2.25. The van der Waals surface area contributed by atoms with Gasteiger partial charge in [0.2, 0.25) is 0 Å². The molecule has 2 amide bonds. The minimum absolute atomic E-state index is 0.0474. The van der Waals surface area contributed by atoms with Crippen LogP contribution in [0.1, 0.15) is 26.3 Å². The molecule has 0 saturated carbocycles. The number of amides is 2. The fourth-order valence-corrected chi connectivity index (χ4v) is 2.67. The van der Waals surface area contributed by atoms with Gasteiger partial charge in [-0.3, -0.25) is 4.21 Å². The molecule has 0 spiro atoms. The Bertz CT molecular complexity index is 489. The number of nitrogens with one attached hydrogen (secondary N) is 2. The van der Waals surface area contributed by atoms with Gasteiger partial charge in [-0.1, -0.05) is 44.2 Å². The van der Waals surface area contributed by atoms with E-state index in [1.54, 1.807) is 6.92 Å². The average molecular weight is 326 g/mol. The molecule has 1 aromatic carbocycles. The zero-order valence-electron chi connectivity index (χ0n) is 13.5. The molecule has 0 aromatic heterocycles. The van der Waals surface area contributed by atoms with Crippen molar-refractivity contribution in [3.05, 3.63) is 35.9 Å². The molecule has 3 N–H and O–H groups in total. The van der Waals surface area contributed by atoms with E-state index in [1.165, 1.54) is 0 Å². The molecule has 1 rings (SSSR count). The number of rotatable bonds is 8. The monoisotopic (exact) mass is 326 g/mol. The van der Waals surface area contributed by atoms with Gasteiger partial charge in [0.05, 0.1) is 5.60 Å². The third-order valence-electron chi connectivity index (χ3n) is 3.64. The van der Waals surface area contributed by atoms with Crippen LogP contribution in [-0.4, -0.2) is 39.8 Å². The van der Waals surface area contributed by atoms with E-state index in [0.717, 1.165) is 5.56 Å². The zero-order valence-corrected chi connectivity index (χ0v) is 14.3. The molecular weight excluding hydrogens is 300 g/mol. The molecule has 2 unspecified atom stereocenters. The van der Waals surface area contributed by atoms with Gasteiger partial charge in [-0.2, -0.15) is 0 Å². The normalized spacial score (nSPS) is 15.1. The van der Waals surface area contributed by atoms with Crippen molar-refractivity contribution in [1.82, 2.24) is 10.6 Å². The summed E-state index contributed by atoms with van der Waals surface area (Å²) in [5, 5.41) is 15.3. The summed E-state index contributed by atoms with van der Waals surface area (Å²) in [5.41, 5.74) is 0.0891. The average Bonchev–Trinajstić information content (AvgIpc) is 2.46. The first-order chi connectivity index (χ1) is 10.3. The van der Waals surface area contributed by atoms with E-state index in [-0.39, 0.29) is 18.5 Å². The lowest BCUT2D eigenvalue weighted by molar-refractivity contribution is 0.0166. The molecule has 22 heavy (non-hydrogen) atoms. The van der Waals surface area contributed by atoms with Crippen LogP contribution in [0.25, 0.3) is 0 Å². The summed E-state index contributed by atoms with van der Waals surface area (Å²) in [6, 6.07) is 9.28. The molecule has 0 radical (unpaired) electrons. The molecule has 0 aliphatic carbocycles. The second-order valence-corrected chi connectivity index (χ2v) is 7.47. The van der Waals surface area contributed by atoms with Crippen LogP contribution in [0.2, 0.25) is 0 Å². The maximum absolute atomic E-state index is 11.9. The molecule has 0 saturated heterocycles. The predicted molar refractivity (Wildman–Crippen MR) is 90.0 cm³/mol. The van der Waals surface area contributed by atoms with E-state index >= 15 is 0 Å². The van der Waals surface area contributed by atoms with E-state index in [1.807, 2.05) is 44.2 Å². The van der Waals surface area contributed by atoms with Gasteiger partial charge in [-0.25, -0.2) is 4.79 Å². The fraction of sp³-hybridized carbons (Fsp3) is 0.562. The van der Waals surface area contributed by atoms with Crippen molar-refractivity contribution in [1.29, 1.82) is 0 Å². The van der Waals surface area contributed by atoms with Gasteiger partial charge in [0, 0.05) is 35.4 Å². The second kappa shape index (κ2) is 8.90. The van der Waals surface area contributed by atoms with Crippen molar-refractivity contribution in [2.24, 2.45) is 5.92 Å². The fourth-order valence-electron chi connectivity index (χ4n) is 1.64. The predicted octanol–water partition coefficient (Wildman–Crippen LogP) is 1.64. The Labute approximate surface area is 135 Å². The first kappa shape index (κ1) is 18.6. The Hall–Kier alpha value is -1.40. The van der Waals surface area contributed by atoms with Crippen LogP contribution in [0.3, 0.4) is 0 Å². The van der Waals surface area contributed by atoms with Crippen LogP contribution in [-0.2, 0) is 16.6 Å². The lowest BCUT2D eigenvalue weighted by atomic mass is 9.93. The van der Waals surface area contributed by atoms with Crippen LogP contribution in [0.15, 0.2) is 30.3 Å². The van der Waals surface area contributed by atoms with Gasteiger partial charge >= 0.3 is 6.03 Å². The van der Waals surface area contributed by atoms with Gasteiger partial charge in [-0.05, 0) is 18.4 Å². The quantitative estimate of drug-likeness (QED) is 0.679. The van der Waals surface area contributed by atoms with E-state index in [9.17, 15) is 14.1 Å². The van der Waals surface area contributed by atoms with Crippen molar-refractivity contribution in [2.75, 3.05) is 18.8 Å². The van der Waals surface area contributed by atoms with Gasteiger partial charge < -0.3 is 15.7 Å². The van der Waals surface area contributed by atoms with Crippen molar-refractivity contribution in [3.8, 4) is 0 Å². The number of urea groups is 1. The van der Waals surface area contributed by atoms with Crippen LogP contribution in [0, 0.1) is 5.92 Å². The van der Waals surface area contributed by atoms with Gasteiger partial charge in [-0.15, -0.1) is 0 Å². The SMILES string of the molecule is CC(C)C(C)(O)CNC(=O)NCCS(=O)Cc1ccccc1. The molecule has 0 heterocycles. The molecule has 2 atom stereocenters. The third-order valence-corrected chi connectivity index (χ3v) is 4.95. The minimum atomic E-state index is -1.01. The van der Waals surface area contributed by atoms with E-state index < -0.39 is 16.4 Å². The van der Waals surface area contributed by atoms with Crippen LogP contribution < -0.4 is 10.6 Å². The maximum atomic E-state index is 11.9. The number of benzene rings is 1. The van der Waals surface area contributed by atoms with Crippen molar-refractivity contribution >= 4 is 16.8 Å². The summed E-state index contributed by atoms with van der Waals surface area (Å²) in [6.45, 7) is 6.00. The summed E-state index contributed by atoms with van der Waals surface area (Å²) >= 11 is 0. The zero-order chi connectivity index (χ0) is 16.6. The number of carbonyl (C=O) groups excluding carboxylic acids is 1. The molecule has 0 aliphatic rings. The Kier molecular flexibility index (Phi) is 7.55. The number of aliphatic hydroxyl groups is 1.